The minimum atomic E-state index is -3.47. The van der Waals surface area contributed by atoms with E-state index in [0.29, 0.717) is 17.8 Å². The maximum atomic E-state index is 12.1. The molecule has 19 heavy (non-hydrogen) atoms. The van der Waals surface area contributed by atoms with Crippen molar-refractivity contribution in [3.63, 3.8) is 0 Å². The summed E-state index contributed by atoms with van der Waals surface area (Å²) in [4.78, 5) is 0. The van der Waals surface area contributed by atoms with Crippen LogP contribution in [0.2, 0.25) is 0 Å². The molecule has 2 rings (SSSR count). The summed E-state index contributed by atoms with van der Waals surface area (Å²) < 4.78 is 28.1. The molecular formula is C12H16N4O2S. The molecule has 0 amide bonds. The molecule has 102 valence electrons. The average Bonchev–Trinajstić information content (AvgIpc) is 2.74. The van der Waals surface area contributed by atoms with Crippen molar-refractivity contribution in [2.75, 3.05) is 4.72 Å². The van der Waals surface area contributed by atoms with E-state index in [1.165, 1.54) is 10.9 Å². The molecule has 7 heteroatoms. The second-order valence-electron chi connectivity index (χ2n) is 4.24. The summed E-state index contributed by atoms with van der Waals surface area (Å²) >= 11 is 0. The predicted molar refractivity (Wildman–Crippen MR) is 73.8 cm³/mol. The van der Waals surface area contributed by atoms with E-state index in [0.717, 1.165) is 5.56 Å². The molecule has 1 aromatic carbocycles. The van der Waals surface area contributed by atoms with Gasteiger partial charge in [-0.25, -0.2) is 8.42 Å². The molecule has 1 aromatic heterocycles. The normalized spacial score (nSPS) is 11.5. The van der Waals surface area contributed by atoms with Crippen LogP contribution in [0.15, 0.2) is 36.7 Å². The smallest absolute Gasteiger partial charge is 0.237 e. The molecule has 0 atom stereocenters. The van der Waals surface area contributed by atoms with Gasteiger partial charge >= 0.3 is 0 Å². The number of sulfonamides is 1. The van der Waals surface area contributed by atoms with Crippen molar-refractivity contribution in [3.05, 3.63) is 47.8 Å². The van der Waals surface area contributed by atoms with Gasteiger partial charge in [0.15, 0.2) is 0 Å². The first-order valence-corrected chi connectivity index (χ1v) is 7.41. The molecule has 0 bridgehead atoms. The summed E-state index contributed by atoms with van der Waals surface area (Å²) in [6.07, 6.45) is 3.07. The number of aromatic nitrogens is 2. The molecule has 0 saturated heterocycles. The zero-order chi connectivity index (χ0) is 13.9. The standard InChI is InChI=1S/C12H16N4O2S/c1-16-8-12(7-14-16)15-19(17,18)9-11-5-3-2-4-10(11)6-13/h2-5,7-8,15H,6,9,13H2,1H3. The number of benzene rings is 1. The highest BCUT2D eigenvalue weighted by Gasteiger charge is 2.14. The minimum absolute atomic E-state index is 0.102. The molecule has 0 saturated carbocycles. The molecule has 0 unspecified atom stereocenters. The lowest BCUT2D eigenvalue weighted by atomic mass is 10.1. The van der Waals surface area contributed by atoms with Gasteiger partial charge in [0.2, 0.25) is 10.0 Å². The molecule has 0 aliphatic rings. The summed E-state index contributed by atoms with van der Waals surface area (Å²) in [5, 5.41) is 3.91. The van der Waals surface area contributed by atoms with Crippen LogP contribution in [0.3, 0.4) is 0 Å². The molecule has 0 fully saturated rings. The highest BCUT2D eigenvalue weighted by Crippen LogP contribution is 2.14. The van der Waals surface area contributed by atoms with E-state index in [9.17, 15) is 8.42 Å². The Morgan fingerprint density at radius 1 is 1.32 bits per heavy atom. The number of hydrogen-bond donors (Lipinski definition) is 2. The Kier molecular flexibility index (Phi) is 3.87. The first kappa shape index (κ1) is 13.6. The molecule has 2 aromatic rings. The van der Waals surface area contributed by atoms with E-state index in [1.807, 2.05) is 12.1 Å². The lowest BCUT2D eigenvalue weighted by molar-refractivity contribution is 0.600. The summed E-state index contributed by atoms with van der Waals surface area (Å²) in [7, 11) is -1.74. The van der Waals surface area contributed by atoms with Gasteiger partial charge in [-0.1, -0.05) is 24.3 Å². The molecule has 1 heterocycles. The molecule has 0 radical (unpaired) electrons. The van der Waals surface area contributed by atoms with Crippen molar-refractivity contribution in [1.29, 1.82) is 0 Å². The van der Waals surface area contributed by atoms with Crippen LogP contribution >= 0.6 is 0 Å². The van der Waals surface area contributed by atoms with Gasteiger partial charge in [0.1, 0.15) is 0 Å². The molecule has 6 nitrogen and oxygen atoms in total. The van der Waals surface area contributed by atoms with Crippen molar-refractivity contribution < 1.29 is 8.42 Å². The Labute approximate surface area is 112 Å². The molecular weight excluding hydrogens is 264 g/mol. The number of hydrogen-bond acceptors (Lipinski definition) is 4. The maximum absolute atomic E-state index is 12.1. The molecule has 3 N–H and O–H groups in total. The Hall–Kier alpha value is -1.86. The fourth-order valence-corrected chi connectivity index (χ4v) is 3.02. The lowest BCUT2D eigenvalue weighted by Gasteiger charge is -2.09. The third-order valence-electron chi connectivity index (χ3n) is 2.66. The van der Waals surface area contributed by atoms with E-state index in [2.05, 4.69) is 9.82 Å². The highest BCUT2D eigenvalue weighted by molar-refractivity contribution is 7.91. The third kappa shape index (κ3) is 3.55. The predicted octanol–water partition coefficient (Wildman–Crippen LogP) is 0.821. The zero-order valence-electron chi connectivity index (χ0n) is 10.6. The van der Waals surface area contributed by atoms with Crippen molar-refractivity contribution in [1.82, 2.24) is 9.78 Å². The summed E-state index contributed by atoms with van der Waals surface area (Å²) in [6, 6.07) is 7.24. The van der Waals surface area contributed by atoms with Crippen molar-refractivity contribution in [3.8, 4) is 0 Å². The van der Waals surface area contributed by atoms with E-state index in [-0.39, 0.29) is 5.75 Å². The fraction of sp³-hybridized carbons (Fsp3) is 0.250. The van der Waals surface area contributed by atoms with Gasteiger partial charge in [-0.2, -0.15) is 5.10 Å². The van der Waals surface area contributed by atoms with Crippen LogP contribution in [0.5, 0.6) is 0 Å². The zero-order valence-corrected chi connectivity index (χ0v) is 11.4. The van der Waals surface area contributed by atoms with Gasteiger partial charge in [0, 0.05) is 19.8 Å². The Morgan fingerprint density at radius 2 is 2.00 bits per heavy atom. The maximum Gasteiger partial charge on any atom is 0.237 e. The monoisotopic (exact) mass is 280 g/mol. The van der Waals surface area contributed by atoms with Gasteiger partial charge in [-0.3, -0.25) is 9.40 Å². The van der Waals surface area contributed by atoms with E-state index < -0.39 is 10.0 Å². The Bertz CT molecular complexity index is 664. The average molecular weight is 280 g/mol. The van der Waals surface area contributed by atoms with Crippen molar-refractivity contribution >= 4 is 15.7 Å². The summed E-state index contributed by atoms with van der Waals surface area (Å²) in [5.41, 5.74) is 7.59. The first-order chi connectivity index (χ1) is 9.00. The van der Waals surface area contributed by atoms with Gasteiger partial charge in [0.05, 0.1) is 17.6 Å². The number of anilines is 1. The SMILES string of the molecule is Cn1cc(NS(=O)(=O)Cc2ccccc2CN)cn1. The van der Waals surface area contributed by atoms with E-state index >= 15 is 0 Å². The topological polar surface area (TPSA) is 90.0 Å². The highest BCUT2D eigenvalue weighted by atomic mass is 32.2. The molecule has 0 aliphatic carbocycles. The van der Waals surface area contributed by atoms with Crippen LogP contribution in [-0.2, 0) is 29.4 Å². The molecule has 0 aliphatic heterocycles. The lowest BCUT2D eigenvalue weighted by Crippen LogP contribution is -2.16. The van der Waals surface area contributed by atoms with Crippen LogP contribution in [0.1, 0.15) is 11.1 Å². The van der Waals surface area contributed by atoms with Gasteiger partial charge in [-0.15, -0.1) is 0 Å². The fourth-order valence-electron chi connectivity index (χ4n) is 1.79. The largest absolute Gasteiger partial charge is 0.326 e. The van der Waals surface area contributed by atoms with Gasteiger partial charge in [-0.05, 0) is 11.1 Å². The number of aryl methyl sites for hydroxylation is 1. The summed E-state index contributed by atoms with van der Waals surface area (Å²) in [6.45, 7) is 0.318. The van der Waals surface area contributed by atoms with Crippen molar-refractivity contribution in [2.24, 2.45) is 12.8 Å². The van der Waals surface area contributed by atoms with E-state index in [4.69, 9.17) is 5.73 Å². The second-order valence-corrected chi connectivity index (χ2v) is 5.96. The Morgan fingerprint density at radius 3 is 2.58 bits per heavy atom. The number of nitrogens with two attached hydrogens (primary N) is 1. The van der Waals surface area contributed by atoms with Gasteiger partial charge in [0.25, 0.3) is 0 Å². The Balaban J connectivity index is 2.17. The van der Waals surface area contributed by atoms with E-state index in [1.54, 1.807) is 25.4 Å². The van der Waals surface area contributed by atoms with Crippen LogP contribution in [0.25, 0.3) is 0 Å². The third-order valence-corrected chi connectivity index (χ3v) is 3.90. The number of rotatable bonds is 5. The first-order valence-electron chi connectivity index (χ1n) is 5.76. The minimum Gasteiger partial charge on any atom is -0.326 e. The number of nitrogens with zero attached hydrogens (tertiary/aromatic N) is 2. The van der Waals surface area contributed by atoms with Crippen LogP contribution in [0.4, 0.5) is 5.69 Å². The quantitative estimate of drug-likeness (QED) is 0.848. The number of nitrogens with one attached hydrogen (secondary N) is 1. The van der Waals surface area contributed by atoms with Crippen LogP contribution in [-0.4, -0.2) is 18.2 Å². The van der Waals surface area contributed by atoms with Crippen LogP contribution in [0, 0.1) is 0 Å². The molecule has 0 spiro atoms. The van der Waals surface area contributed by atoms with Crippen molar-refractivity contribution in [2.45, 2.75) is 12.3 Å². The second kappa shape index (κ2) is 5.41. The van der Waals surface area contributed by atoms with Gasteiger partial charge < -0.3 is 5.73 Å². The van der Waals surface area contributed by atoms with Crippen LogP contribution < -0.4 is 10.5 Å². The summed E-state index contributed by atoms with van der Waals surface area (Å²) in [5.74, 6) is -0.102.